The zero-order valence-corrected chi connectivity index (χ0v) is 38.3. The van der Waals surface area contributed by atoms with Gasteiger partial charge in [-0.1, -0.05) is 196 Å². The molecule has 0 saturated carbocycles. The van der Waals surface area contributed by atoms with Crippen LogP contribution in [0.3, 0.4) is 0 Å². The Morgan fingerprint density at radius 3 is 1.28 bits per heavy atom. The Labute approximate surface area is 359 Å². The highest BCUT2D eigenvalue weighted by molar-refractivity contribution is 5.70. The maximum Gasteiger partial charge on any atom is 0.306 e. The lowest BCUT2D eigenvalue weighted by Crippen LogP contribution is -2.30. The van der Waals surface area contributed by atoms with E-state index in [9.17, 15) is 9.59 Å². The summed E-state index contributed by atoms with van der Waals surface area (Å²) in [5.41, 5.74) is 0. The summed E-state index contributed by atoms with van der Waals surface area (Å²) in [5.74, 6) is -0.432. The van der Waals surface area contributed by atoms with Crippen LogP contribution in [0.15, 0.2) is 72.9 Å². The lowest BCUT2D eigenvalue weighted by molar-refractivity contribution is -0.163. The predicted molar refractivity (Wildman–Crippen MR) is 251 cm³/mol. The number of hydrogen-bond acceptors (Lipinski definition) is 5. The number of esters is 2. The number of carbonyl (C=O) groups excluding carboxylic acids is 2. The summed E-state index contributed by atoms with van der Waals surface area (Å²) in [5, 5.41) is 0. The van der Waals surface area contributed by atoms with Gasteiger partial charge in [0.1, 0.15) is 6.61 Å². The summed E-state index contributed by atoms with van der Waals surface area (Å²) < 4.78 is 17.3. The highest BCUT2D eigenvalue weighted by atomic mass is 16.6. The van der Waals surface area contributed by atoms with Crippen LogP contribution in [0.1, 0.15) is 226 Å². The van der Waals surface area contributed by atoms with Gasteiger partial charge >= 0.3 is 11.9 Å². The monoisotopic (exact) mass is 809 g/mol. The average Bonchev–Trinajstić information content (AvgIpc) is 3.22. The van der Waals surface area contributed by atoms with Gasteiger partial charge in [0.15, 0.2) is 6.10 Å². The highest BCUT2D eigenvalue weighted by Gasteiger charge is 2.17. The molecule has 0 radical (unpaired) electrons. The lowest BCUT2D eigenvalue weighted by Gasteiger charge is -2.18. The van der Waals surface area contributed by atoms with E-state index in [1.807, 2.05) is 0 Å². The Morgan fingerprint density at radius 1 is 0.397 bits per heavy atom. The summed E-state index contributed by atoms with van der Waals surface area (Å²) in [6.07, 6.45) is 61.9. The fraction of sp³-hybridized carbons (Fsp3) is 0.736. The SMILES string of the molecule is CC/C=C\C/C=C\C/C=C\C/C=C\CCCCCCC(=O)OCC(COCCCCCCCC/C=C\C/C=C\CCCCC)OC(=O)CCCCCCCCCCC. The molecule has 1 unspecified atom stereocenters. The van der Waals surface area contributed by atoms with Crippen molar-refractivity contribution in [3.8, 4) is 0 Å². The van der Waals surface area contributed by atoms with Gasteiger partial charge in [0.25, 0.3) is 0 Å². The molecule has 0 aliphatic heterocycles. The van der Waals surface area contributed by atoms with Crippen molar-refractivity contribution >= 4 is 11.9 Å². The number of carbonyl (C=O) groups is 2. The molecule has 334 valence electrons. The first-order valence-electron chi connectivity index (χ1n) is 24.5. The van der Waals surface area contributed by atoms with Gasteiger partial charge in [0, 0.05) is 19.4 Å². The number of hydrogen-bond donors (Lipinski definition) is 0. The first-order valence-corrected chi connectivity index (χ1v) is 24.5. The molecule has 0 aromatic carbocycles. The standard InChI is InChI=1S/C53H92O5/c1-4-7-10-13-16-19-21-23-25-27-28-30-32-35-37-40-43-46-52(54)57-50-51(58-53(55)47-44-41-38-34-18-15-12-9-6-3)49-56-48-45-42-39-36-33-31-29-26-24-22-20-17-14-11-8-5-2/h7,10,16-17,19-20,23-26,28,30,51H,4-6,8-9,11-15,18,21-22,27,29,31-50H2,1-3H3/b10-7-,19-16-,20-17-,25-23-,26-24-,30-28-. The van der Waals surface area contributed by atoms with Gasteiger partial charge in [-0.3, -0.25) is 9.59 Å². The third-order valence-corrected chi connectivity index (χ3v) is 10.2. The van der Waals surface area contributed by atoms with Crippen molar-refractivity contribution in [3.05, 3.63) is 72.9 Å². The van der Waals surface area contributed by atoms with Gasteiger partial charge in [0.2, 0.25) is 0 Å². The minimum absolute atomic E-state index is 0.0673. The number of rotatable bonds is 44. The van der Waals surface area contributed by atoms with E-state index in [2.05, 4.69) is 93.7 Å². The molecule has 0 rings (SSSR count). The second kappa shape index (κ2) is 48.7. The van der Waals surface area contributed by atoms with E-state index < -0.39 is 6.10 Å². The van der Waals surface area contributed by atoms with Crippen LogP contribution in [0, 0.1) is 0 Å². The smallest absolute Gasteiger partial charge is 0.306 e. The molecule has 58 heavy (non-hydrogen) atoms. The second-order valence-corrected chi connectivity index (χ2v) is 16.0. The van der Waals surface area contributed by atoms with E-state index in [0.29, 0.717) is 19.4 Å². The molecule has 0 heterocycles. The van der Waals surface area contributed by atoms with E-state index in [1.54, 1.807) is 0 Å². The number of ether oxygens (including phenoxy) is 3. The first kappa shape index (κ1) is 55.3. The van der Waals surface area contributed by atoms with Crippen LogP contribution in [-0.4, -0.2) is 37.9 Å². The van der Waals surface area contributed by atoms with E-state index in [-0.39, 0.29) is 25.2 Å². The lowest BCUT2D eigenvalue weighted by atomic mass is 10.1. The van der Waals surface area contributed by atoms with E-state index in [0.717, 1.165) is 89.9 Å². The zero-order valence-electron chi connectivity index (χ0n) is 38.3. The summed E-state index contributed by atoms with van der Waals surface area (Å²) in [6.45, 7) is 7.63. The molecule has 0 aromatic rings. The topological polar surface area (TPSA) is 61.8 Å². The van der Waals surface area contributed by atoms with Crippen LogP contribution in [0.5, 0.6) is 0 Å². The minimum atomic E-state index is -0.550. The molecule has 5 heteroatoms. The fourth-order valence-corrected chi connectivity index (χ4v) is 6.59. The van der Waals surface area contributed by atoms with E-state index >= 15 is 0 Å². The fourth-order valence-electron chi connectivity index (χ4n) is 6.59. The van der Waals surface area contributed by atoms with Crippen LogP contribution in [-0.2, 0) is 23.8 Å². The van der Waals surface area contributed by atoms with E-state index in [4.69, 9.17) is 14.2 Å². The maximum absolute atomic E-state index is 12.7. The first-order chi connectivity index (χ1) is 28.6. The molecular weight excluding hydrogens is 717 g/mol. The molecule has 0 aromatic heterocycles. The van der Waals surface area contributed by atoms with Gasteiger partial charge in [0.05, 0.1) is 6.61 Å². The average molecular weight is 809 g/mol. The van der Waals surface area contributed by atoms with Gasteiger partial charge in [-0.25, -0.2) is 0 Å². The van der Waals surface area contributed by atoms with Crippen molar-refractivity contribution in [2.75, 3.05) is 19.8 Å². The molecule has 0 fully saturated rings. The van der Waals surface area contributed by atoms with Gasteiger partial charge < -0.3 is 14.2 Å². The minimum Gasteiger partial charge on any atom is -0.462 e. The van der Waals surface area contributed by atoms with Gasteiger partial charge in [-0.2, -0.15) is 0 Å². The summed E-state index contributed by atoms with van der Waals surface area (Å²) in [7, 11) is 0. The third-order valence-electron chi connectivity index (χ3n) is 10.2. The van der Waals surface area contributed by atoms with Gasteiger partial charge in [-0.05, 0) is 89.9 Å². The van der Waals surface area contributed by atoms with Crippen LogP contribution < -0.4 is 0 Å². The molecule has 0 spiro atoms. The summed E-state index contributed by atoms with van der Waals surface area (Å²) in [4.78, 5) is 25.3. The molecule has 1 atom stereocenters. The Hall–Kier alpha value is -2.66. The summed E-state index contributed by atoms with van der Waals surface area (Å²) in [6, 6.07) is 0. The van der Waals surface area contributed by atoms with Crippen molar-refractivity contribution in [3.63, 3.8) is 0 Å². The maximum atomic E-state index is 12.7. The van der Waals surface area contributed by atoms with Crippen LogP contribution in [0.2, 0.25) is 0 Å². The van der Waals surface area contributed by atoms with Crippen molar-refractivity contribution < 1.29 is 23.8 Å². The Morgan fingerprint density at radius 2 is 0.776 bits per heavy atom. The predicted octanol–water partition coefficient (Wildman–Crippen LogP) is 16.3. The zero-order chi connectivity index (χ0) is 42.1. The Bertz CT molecular complexity index is 1050. The summed E-state index contributed by atoms with van der Waals surface area (Å²) >= 11 is 0. The van der Waals surface area contributed by atoms with Crippen LogP contribution in [0.4, 0.5) is 0 Å². The van der Waals surface area contributed by atoms with Crippen LogP contribution in [0.25, 0.3) is 0 Å². The molecule has 5 nitrogen and oxygen atoms in total. The molecular formula is C53H92O5. The Kier molecular flexibility index (Phi) is 46.5. The van der Waals surface area contributed by atoms with E-state index in [1.165, 1.54) is 103 Å². The normalized spacial score (nSPS) is 12.8. The van der Waals surface area contributed by atoms with Crippen molar-refractivity contribution in [1.82, 2.24) is 0 Å². The molecule has 0 amide bonds. The molecule has 0 bridgehead atoms. The van der Waals surface area contributed by atoms with Gasteiger partial charge in [-0.15, -0.1) is 0 Å². The Balaban J connectivity index is 4.27. The largest absolute Gasteiger partial charge is 0.462 e. The van der Waals surface area contributed by atoms with Crippen molar-refractivity contribution in [2.45, 2.75) is 232 Å². The second-order valence-electron chi connectivity index (χ2n) is 16.0. The number of allylic oxidation sites excluding steroid dienone is 12. The third kappa shape index (κ3) is 46.0. The molecule has 0 aliphatic carbocycles. The molecule has 0 N–H and O–H groups in total. The molecule has 0 aliphatic rings. The van der Waals surface area contributed by atoms with Crippen molar-refractivity contribution in [2.24, 2.45) is 0 Å². The van der Waals surface area contributed by atoms with Crippen LogP contribution >= 0.6 is 0 Å². The highest BCUT2D eigenvalue weighted by Crippen LogP contribution is 2.13. The number of unbranched alkanes of at least 4 members (excludes halogenated alkanes) is 21. The molecule has 0 saturated heterocycles. The van der Waals surface area contributed by atoms with Crippen molar-refractivity contribution in [1.29, 1.82) is 0 Å². The quantitative estimate of drug-likeness (QED) is 0.0348.